The monoisotopic (exact) mass is 574 g/mol. The third-order valence-electron chi connectivity index (χ3n) is 7.18. The number of hydrogen-bond acceptors (Lipinski definition) is 9. The fourth-order valence-corrected chi connectivity index (χ4v) is 5.06. The number of carbonyl (C=O) groups excluding carboxylic acids is 3. The third kappa shape index (κ3) is 4.43. The van der Waals surface area contributed by atoms with E-state index >= 15 is 0 Å². The molecule has 2 heterocycles. The van der Waals surface area contributed by atoms with Crippen molar-refractivity contribution in [2.75, 3.05) is 0 Å². The highest BCUT2D eigenvalue weighted by Gasteiger charge is 2.75. The fraction of sp³-hybridized carbons (Fsp3) is 0.167. The molecule has 4 aromatic rings. The molecule has 214 valence electrons. The highest BCUT2D eigenvalue weighted by atomic mass is 19.1. The first-order valence-electron chi connectivity index (χ1n) is 12.6. The van der Waals surface area contributed by atoms with E-state index in [0.29, 0.717) is 6.20 Å². The molecule has 11 nitrogen and oxygen atoms in total. The van der Waals surface area contributed by atoms with E-state index in [-0.39, 0.29) is 21.3 Å². The van der Waals surface area contributed by atoms with Crippen molar-refractivity contribution in [2.45, 2.75) is 29.6 Å². The van der Waals surface area contributed by atoms with Crippen molar-refractivity contribution in [3.05, 3.63) is 141 Å². The van der Waals surface area contributed by atoms with Crippen LogP contribution in [0.2, 0.25) is 0 Å². The number of rotatable bonds is 8. The molecule has 0 spiro atoms. The van der Waals surface area contributed by atoms with Gasteiger partial charge in [-0.3, -0.25) is 28.7 Å². The zero-order valence-electron chi connectivity index (χ0n) is 21.6. The second-order valence-corrected chi connectivity index (χ2v) is 9.65. The van der Waals surface area contributed by atoms with Crippen molar-refractivity contribution in [3.8, 4) is 0 Å². The number of ketones is 3. The van der Waals surface area contributed by atoms with E-state index in [1.165, 1.54) is 78.9 Å². The van der Waals surface area contributed by atoms with E-state index in [1.54, 1.807) is 17.1 Å². The minimum atomic E-state index is -3.47. The Bertz CT molecular complexity index is 1780. The maximum atomic E-state index is 14.5. The first-order chi connectivity index (χ1) is 20.0. The zero-order valence-corrected chi connectivity index (χ0v) is 21.6. The van der Waals surface area contributed by atoms with E-state index in [1.807, 2.05) is 0 Å². The lowest BCUT2D eigenvalue weighted by atomic mass is 9.69. The summed E-state index contributed by atoms with van der Waals surface area (Å²) in [5, 5.41) is 35.9. The Labute approximate surface area is 236 Å². The van der Waals surface area contributed by atoms with Gasteiger partial charge in [-0.1, -0.05) is 91.0 Å². The van der Waals surface area contributed by atoms with Gasteiger partial charge in [-0.25, -0.2) is 4.79 Å². The maximum absolute atomic E-state index is 14.5. The molecule has 3 aromatic carbocycles. The number of ether oxygens (including phenoxy) is 1. The smallest absolute Gasteiger partial charge is 0.330 e. The van der Waals surface area contributed by atoms with Gasteiger partial charge in [-0.15, -0.1) is 0 Å². The highest BCUT2D eigenvalue weighted by molar-refractivity contribution is 6.14. The number of aromatic nitrogens is 2. The van der Waals surface area contributed by atoms with E-state index in [2.05, 4.69) is 0 Å². The lowest BCUT2D eigenvalue weighted by Gasteiger charge is -2.39. The largest absolute Gasteiger partial charge is 0.382 e. The normalized spacial score (nSPS) is 24.2. The fourth-order valence-electron chi connectivity index (χ4n) is 5.06. The Hall–Kier alpha value is -4.88. The summed E-state index contributed by atoms with van der Waals surface area (Å²) in [6.07, 6.45) is -6.89. The van der Waals surface area contributed by atoms with Crippen molar-refractivity contribution in [3.63, 3.8) is 0 Å². The summed E-state index contributed by atoms with van der Waals surface area (Å²) in [7, 11) is 0. The summed E-state index contributed by atoms with van der Waals surface area (Å²) in [4.78, 5) is 67.8. The molecule has 12 heteroatoms. The van der Waals surface area contributed by atoms with Crippen LogP contribution in [0.4, 0.5) is 4.39 Å². The van der Waals surface area contributed by atoms with Crippen molar-refractivity contribution in [1.82, 2.24) is 9.55 Å². The molecule has 1 unspecified atom stereocenters. The molecular weight excluding hydrogens is 551 g/mol. The Morgan fingerprint density at radius 2 is 1.24 bits per heavy atom. The molecule has 1 fully saturated rings. The van der Waals surface area contributed by atoms with Gasteiger partial charge in [-0.2, -0.15) is 4.39 Å². The summed E-state index contributed by atoms with van der Waals surface area (Å²) in [5.74, 6) is -5.30. The molecule has 5 atom stereocenters. The lowest BCUT2D eigenvalue weighted by Crippen LogP contribution is -2.69. The first kappa shape index (κ1) is 28.6. The number of benzene rings is 3. The van der Waals surface area contributed by atoms with Gasteiger partial charge in [0, 0.05) is 16.7 Å². The average Bonchev–Trinajstić information content (AvgIpc) is 3.26. The number of nitrogens with one attached hydrogen (secondary N) is 1. The van der Waals surface area contributed by atoms with E-state index < -0.39 is 64.1 Å². The van der Waals surface area contributed by atoms with Gasteiger partial charge in [0.1, 0.15) is 12.2 Å². The molecule has 4 N–H and O–H groups in total. The topological polar surface area (TPSA) is 176 Å². The van der Waals surface area contributed by atoms with Crippen LogP contribution in [0.1, 0.15) is 37.3 Å². The van der Waals surface area contributed by atoms with Crippen molar-refractivity contribution in [1.29, 1.82) is 0 Å². The van der Waals surface area contributed by atoms with Crippen LogP contribution < -0.4 is 11.2 Å². The van der Waals surface area contributed by atoms with Crippen LogP contribution in [-0.2, 0) is 4.74 Å². The van der Waals surface area contributed by atoms with Gasteiger partial charge in [0.15, 0.2) is 17.6 Å². The number of hydrogen-bond donors (Lipinski definition) is 4. The van der Waals surface area contributed by atoms with Crippen LogP contribution in [0.15, 0.2) is 107 Å². The second-order valence-electron chi connectivity index (χ2n) is 9.65. The molecule has 0 saturated carbocycles. The number of nitrogens with zero attached hydrogens (tertiary/aromatic N) is 1. The maximum Gasteiger partial charge on any atom is 0.330 e. The highest BCUT2D eigenvalue weighted by Crippen LogP contribution is 2.50. The van der Waals surface area contributed by atoms with Gasteiger partial charge >= 0.3 is 5.69 Å². The predicted molar refractivity (Wildman–Crippen MR) is 143 cm³/mol. The summed E-state index contributed by atoms with van der Waals surface area (Å²) < 4.78 is 20.4. The molecule has 1 aliphatic heterocycles. The van der Waals surface area contributed by atoms with Crippen LogP contribution in [-0.4, -0.2) is 65.6 Å². The molecule has 0 aliphatic carbocycles. The van der Waals surface area contributed by atoms with E-state index in [4.69, 9.17) is 4.74 Å². The number of halogens is 1. The molecule has 0 bridgehead atoms. The summed E-state index contributed by atoms with van der Waals surface area (Å²) >= 11 is 0. The zero-order chi connectivity index (χ0) is 30.2. The summed E-state index contributed by atoms with van der Waals surface area (Å²) in [6.45, 7) is 0. The Morgan fingerprint density at radius 3 is 1.74 bits per heavy atom. The van der Waals surface area contributed by atoms with Crippen LogP contribution in [0, 0.1) is 5.82 Å². The first-order valence-corrected chi connectivity index (χ1v) is 12.6. The quantitative estimate of drug-likeness (QED) is 0.224. The molecule has 0 amide bonds. The van der Waals surface area contributed by atoms with E-state index in [9.17, 15) is 43.7 Å². The van der Waals surface area contributed by atoms with Crippen LogP contribution in [0.3, 0.4) is 0 Å². The Morgan fingerprint density at radius 1 is 0.786 bits per heavy atom. The minimum absolute atomic E-state index is 0.0725. The Kier molecular flexibility index (Phi) is 7.39. The van der Waals surface area contributed by atoms with Crippen molar-refractivity contribution >= 4 is 17.3 Å². The van der Waals surface area contributed by atoms with Gasteiger partial charge in [0.05, 0.1) is 6.20 Å². The van der Waals surface area contributed by atoms with Crippen molar-refractivity contribution in [2.24, 2.45) is 0 Å². The van der Waals surface area contributed by atoms with Crippen LogP contribution >= 0.6 is 0 Å². The standard InChI is InChI=1S/C30H23FN2O9/c31-20-16-33(28(39)32-26(20)38)27-30(41,24(37)19-14-8-3-9-15-19)29(40,23(36)18-12-6-2-7-13-18)25(42-27)22(35)21(34)17-10-4-1-5-11-17/h1-16,22,25,27,35,40-41H,(H,32,38,39)/t22?,25-,27-,29-,30+/m1/s1. The third-order valence-corrected chi connectivity index (χ3v) is 7.18. The van der Waals surface area contributed by atoms with Crippen LogP contribution in [0.5, 0.6) is 0 Å². The molecule has 42 heavy (non-hydrogen) atoms. The molecular formula is C30H23FN2O9. The van der Waals surface area contributed by atoms with Crippen LogP contribution in [0.25, 0.3) is 0 Å². The second kappa shape index (κ2) is 10.8. The number of Topliss-reactive ketones (excluding diaryl/α,β-unsaturated/α-hetero) is 3. The van der Waals surface area contributed by atoms with Gasteiger partial charge in [0.2, 0.25) is 23.0 Å². The van der Waals surface area contributed by atoms with Gasteiger partial charge in [-0.05, 0) is 0 Å². The molecule has 0 radical (unpaired) electrons. The number of aromatic amines is 1. The molecule has 1 saturated heterocycles. The van der Waals surface area contributed by atoms with Gasteiger partial charge in [0.25, 0.3) is 5.56 Å². The number of H-pyrrole nitrogens is 1. The number of aliphatic hydroxyl groups excluding tert-OH is 1. The summed E-state index contributed by atoms with van der Waals surface area (Å²) in [5.41, 5.74) is -10.3. The SMILES string of the molecule is O=C(c1ccccc1)C(O)[C@H]1O[C@@H](n2cc(F)c(=O)[nH]c2=O)[C@@](O)(C(=O)c2ccccc2)[C@@]1(O)C(=O)c1ccccc1. The number of aliphatic hydroxyl groups is 3. The molecule has 1 aromatic heterocycles. The lowest BCUT2D eigenvalue weighted by molar-refractivity contribution is -0.108. The average molecular weight is 575 g/mol. The minimum Gasteiger partial charge on any atom is -0.382 e. The van der Waals surface area contributed by atoms with E-state index in [0.717, 1.165) is 0 Å². The Balaban J connectivity index is 1.80. The number of carbonyl (C=O) groups is 3. The van der Waals surface area contributed by atoms with Crippen molar-refractivity contribution < 1.29 is 38.8 Å². The van der Waals surface area contributed by atoms with Gasteiger partial charge < -0.3 is 20.1 Å². The molecule has 5 rings (SSSR count). The summed E-state index contributed by atoms with van der Waals surface area (Å²) in [6, 6.07) is 20.9. The molecule has 1 aliphatic rings. The predicted octanol–water partition coefficient (Wildman–Crippen LogP) is 1.04.